The predicted molar refractivity (Wildman–Crippen MR) is 67.7 cm³/mol. The molecule has 5 heteroatoms. The molecule has 3 rings (SSSR count). The van der Waals surface area contributed by atoms with Gasteiger partial charge in [-0.15, -0.1) is 0 Å². The zero-order valence-corrected chi connectivity index (χ0v) is 9.97. The molecular weight excluding hydrogens is 230 g/mol. The number of hydrogen-bond donors (Lipinski definition) is 2. The number of carbonyl (C=O) groups is 1. The molecule has 1 aliphatic rings. The van der Waals surface area contributed by atoms with Crippen LogP contribution in [0.25, 0.3) is 10.9 Å². The number of pyridine rings is 1. The van der Waals surface area contributed by atoms with Gasteiger partial charge in [-0.25, -0.2) is 4.79 Å². The van der Waals surface area contributed by atoms with Crippen molar-refractivity contribution in [2.24, 2.45) is 0 Å². The quantitative estimate of drug-likeness (QED) is 0.810. The molecule has 1 unspecified atom stereocenters. The van der Waals surface area contributed by atoms with Crippen molar-refractivity contribution in [2.45, 2.75) is 18.8 Å². The van der Waals surface area contributed by atoms with Gasteiger partial charge < -0.3 is 15.0 Å². The van der Waals surface area contributed by atoms with E-state index in [-0.39, 0.29) is 5.92 Å². The van der Waals surface area contributed by atoms with Gasteiger partial charge in [-0.1, -0.05) is 0 Å². The smallest absolute Gasteiger partial charge is 0.407 e. The number of nitrogens with zero attached hydrogens (tertiary/aromatic N) is 2. The summed E-state index contributed by atoms with van der Waals surface area (Å²) in [5.41, 5.74) is 2.22. The molecule has 0 aliphatic carbocycles. The lowest BCUT2D eigenvalue weighted by Gasteiger charge is -2.30. The number of nitrogens with one attached hydrogen (secondary N) is 1. The van der Waals surface area contributed by atoms with E-state index in [0.717, 1.165) is 23.7 Å². The first-order valence-corrected chi connectivity index (χ1v) is 6.14. The molecule has 1 atom stereocenters. The standard InChI is InChI=1S/C13H15N3O2/c17-13(18)16-5-1-2-9(8-16)11-6-15-12-7-14-4-3-10(11)12/h3-4,6-7,9,15H,1-2,5,8H2,(H,17,18). The third kappa shape index (κ3) is 1.81. The van der Waals surface area contributed by atoms with Crippen molar-refractivity contribution in [3.05, 3.63) is 30.2 Å². The van der Waals surface area contributed by atoms with Crippen molar-refractivity contribution in [3.63, 3.8) is 0 Å². The van der Waals surface area contributed by atoms with Crippen molar-refractivity contribution in [2.75, 3.05) is 13.1 Å². The van der Waals surface area contributed by atoms with Crippen molar-refractivity contribution < 1.29 is 9.90 Å². The molecule has 0 spiro atoms. The Balaban J connectivity index is 1.92. The second kappa shape index (κ2) is 4.33. The number of rotatable bonds is 1. The Morgan fingerprint density at radius 3 is 3.28 bits per heavy atom. The highest BCUT2D eigenvalue weighted by Crippen LogP contribution is 2.31. The first-order valence-electron chi connectivity index (χ1n) is 6.14. The summed E-state index contributed by atoms with van der Waals surface area (Å²) >= 11 is 0. The van der Waals surface area contributed by atoms with Gasteiger partial charge in [-0.2, -0.15) is 0 Å². The number of H-pyrrole nitrogens is 1. The van der Waals surface area contributed by atoms with Crippen LogP contribution in [-0.4, -0.2) is 39.2 Å². The lowest BCUT2D eigenvalue weighted by Crippen LogP contribution is -2.38. The van der Waals surface area contributed by atoms with Crippen molar-refractivity contribution in [3.8, 4) is 0 Å². The van der Waals surface area contributed by atoms with Gasteiger partial charge in [-0.05, 0) is 24.5 Å². The SMILES string of the molecule is O=C(O)N1CCCC(c2c[nH]c3cnccc23)C1. The molecule has 1 fully saturated rings. The number of amides is 1. The second-order valence-corrected chi connectivity index (χ2v) is 4.73. The average molecular weight is 245 g/mol. The number of hydrogen-bond acceptors (Lipinski definition) is 2. The molecule has 1 saturated heterocycles. The van der Waals surface area contributed by atoms with Gasteiger partial charge in [0.05, 0.1) is 11.7 Å². The fourth-order valence-electron chi connectivity index (χ4n) is 2.74. The van der Waals surface area contributed by atoms with Crippen LogP contribution in [0.3, 0.4) is 0 Å². The van der Waals surface area contributed by atoms with Crippen LogP contribution in [-0.2, 0) is 0 Å². The molecular formula is C13H15N3O2. The van der Waals surface area contributed by atoms with Gasteiger partial charge in [0.15, 0.2) is 0 Å². The second-order valence-electron chi connectivity index (χ2n) is 4.73. The highest BCUT2D eigenvalue weighted by molar-refractivity contribution is 5.82. The summed E-state index contributed by atoms with van der Waals surface area (Å²) < 4.78 is 0. The largest absolute Gasteiger partial charge is 0.465 e. The number of fused-ring (bicyclic) bond motifs is 1. The first-order chi connectivity index (χ1) is 8.75. The lowest BCUT2D eigenvalue weighted by molar-refractivity contribution is 0.130. The van der Waals surface area contributed by atoms with Crippen LogP contribution >= 0.6 is 0 Å². The van der Waals surface area contributed by atoms with E-state index in [1.54, 1.807) is 12.4 Å². The molecule has 0 radical (unpaired) electrons. The molecule has 2 N–H and O–H groups in total. The van der Waals surface area contributed by atoms with E-state index in [1.165, 1.54) is 10.5 Å². The minimum Gasteiger partial charge on any atom is -0.465 e. The van der Waals surface area contributed by atoms with E-state index in [0.29, 0.717) is 13.1 Å². The van der Waals surface area contributed by atoms with Crippen LogP contribution < -0.4 is 0 Å². The maximum atomic E-state index is 11.0. The van der Waals surface area contributed by atoms with E-state index in [2.05, 4.69) is 9.97 Å². The molecule has 1 aliphatic heterocycles. The Morgan fingerprint density at radius 1 is 1.56 bits per heavy atom. The summed E-state index contributed by atoms with van der Waals surface area (Å²) in [5.74, 6) is 0.283. The van der Waals surface area contributed by atoms with E-state index in [9.17, 15) is 4.79 Å². The van der Waals surface area contributed by atoms with Crippen LogP contribution in [0, 0.1) is 0 Å². The summed E-state index contributed by atoms with van der Waals surface area (Å²) in [4.78, 5) is 19.8. The topological polar surface area (TPSA) is 69.2 Å². The molecule has 18 heavy (non-hydrogen) atoms. The fraction of sp³-hybridized carbons (Fsp3) is 0.385. The van der Waals surface area contributed by atoms with Gasteiger partial charge in [-0.3, -0.25) is 4.98 Å². The van der Waals surface area contributed by atoms with Crippen molar-refractivity contribution in [1.29, 1.82) is 0 Å². The molecule has 0 aromatic carbocycles. The number of aromatic amines is 1. The summed E-state index contributed by atoms with van der Waals surface area (Å²) in [6.07, 6.45) is 6.71. The van der Waals surface area contributed by atoms with Gasteiger partial charge in [0.2, 0.25) is 0 Å². The maximum absolute atomic E-state index is 11.0. The summed E-state index contributed by atoms with van der Waals surface area (Å²) in [6, 6.07) is 1.99. The van der Waals surface area contributed by atoms with E-state index < -0.39 is 6.09 Å². The zero-order valence-electron chi connectivity index (χ0n) is 9.97. The van der Waals surface area contributed by atoms with Crippen LogP contribution in [0.4, 0.5) is 4.79 Å². The van der Waals surface area contributed by atoms with Gasteiger partial charge in [0, 0.05) is 36.8 Å². The van der Waals surface area contributed by atoms with Crippen LogP contribution in [0.2, 0.25) is 0 Å². The van der Waals surface area contributed by atoms with E-state index in [4.69, 9.17) is 5.11 Å². The van der Waals surface area contributed by atoms with Crippen molar-refractivity contribution in [1.82, 2.24) is 14.9 Å². The van der Waals surface area contributed by atoms with Crippen LogP contribution in [0.5, 0.6) is 0 Å². The van der Waals surface area contributed by atoms with Crippen LogP contribution in [0.15, 0.2) is 24.7 Å². The molecule has 5 nitrogen and oxygen atoms in total. The highest BCUT2D eigenvalue weighted by atomic mass is 16.4. The highest BCUT2D eigenvalue weighted by Gasteiger charge is 2.25. The van der Waals surface area contributed by atoms with Gasteiger partial charge in [0.1, 0.15) is 0 Å². The molecule has 3 heterocycles. The van der Waals surface area contributed by atoms with E-state index in [1.807, 2.05) is 12.3 Å². The molecule has 2 aromatic rings. The third-order valence-corrected chi connectivity index (χ3v) is 3.65. The Morgan fingerprint density at radius 2 is 2.44 bits per heavy atom. The molecule has 94 valence electrons. The summed E-state index contributed by atoms with van der Waals surface area (Å²) in [5, 5.41) is 10.2. The Labute approximate surface area is 104 Å². The predicted octanol–water partition coefficient (Wildman–Crippen LogP) is 2.42. The third-order valence-electron chi connectivity index (χ3n) is 3.65. The first kappa shape index (κ1) is 11.1. The summed E-state index contributed by atoms with van der Waals surface area (Å²) in [6.45, 7) is 1.24. The minimum atomic E-state index is -0.818. The number of carboxylic acid groups (broad SMARTS) is 1. The molecule has 1 amide bonds. The van der Waals surface area contributed by atoms with Gasteiger partial charge >= 0.3 is 6.09 Å². The molecule has 0 bridgehead atoms. The average Bonchev–Trinajstić information content (AvgIpc) is 2.82. The Hall–Kier alpha value is -2.04. The number of likely N-dealkylation sites (tertiary alicyclic amines) is 1. The Bertz CT molecular complexity index is 578. The number of aromatic nitrogens is 2. The van der Waals surface area contributed by atoms with Crippen LogP contribution in [0.1, 0.15) is 24.3 Å². The molecule has 0 saturated carbocycles. The summed E-state index contributed by atoms with van der Waals surface area (Å²) in [7, 11) is 0. The normalized spacial score (nSPS) is 20.2. The fourth-order valence-corrected chi connectivity index (χ4v) is 2.74. The van der Waals surface area contributed by atoms with E-state index >= 15 is 0 Å². The monoisotopic (exact) mass is 245 g/mol. The maximum Gasteiger partial charge on any atom is 0.407 e. The zero-order chi connectivity index (χ0) is 12.5. The van der Waals surface area contributed by atoms with Crippen molar-refractivity contribution >= 4 is 17.0 Å². The minimum absolute atomic E-state index is 0.283. The lowest BCUT2D eigenvalue weighted by atomic mass is 9.91. The van der Waals surface area contributed by atoms with Gasteiger partial charge in [0.25, 0.3) is 0 Å². The Kier molecular flexibility index (Phi) is 2.66. The molecule has 2 aromatic heterocycles. The number of piperidine rings is 1.